The van der Waals surface area contributed by atoms with Gasteiger partial charge in [-0.3, -0.25) is 4.79 Å². The molecule has 1 amide bonds. The lowest BCUT2D eigenvalue weighted by atomic mass is 9.90. The van der Waals surface area contributed by atoms with Gasteiger partial charge >= 0.3 is 0 Å². The zero-order valence-electron chi connectivity index (χ0n) is 11.9. The third-order valence-corrected chi connectivity index (χ3v) is 4.96. The first kappa shape index (κ1) is 13.4. The molecule has 0 aromatic carbocycles. The Bertz CT molecular complexity index is 330. The number of piperidine rings is 1. The molecule has 4 unspecified atom stereocenters. The molecule has 3 rings (SSSR count). The van der Waals surface area contributed by atoms with Gasteiger partial charge in [-0.25, -0.2) is 0 Å². The Balaban J connectivity index is 1.52. The van der Waals surface area contributed by atoms with E-state index < -0.39 is 0 Å². The summed E-state index contributed by atoms with van der Waals surface area (Å²) in [6.07, 6.45) is 7.20. The number of nitrogens with one attached hydrogen (secondary N) is 2. The minimum Gasteiger partial charge on any atom is -0.376 e. The zero-order chi connectivity index (χ0) is 13.2. The number of hydrogen-bond acceptors (Lipinski definition) is 3. The number of amides is 1. The van der Waals surface area contributed by atoms with E-state index in [1.165, 1.54) is 25.7 Å². The van der Waals surface area contributed by atoms with E-state index in [-0.39, 0.29) is 24.1 Å². The van der Waals surface area contributed by atoms with Crippen LogP contribution in [0.5, 0.6) is 0 Å². The largest absolute Gasteiger partial charge is 0.376 e. The Morgan fingerprint density at radius 1 is 1.32 bits per heavy atom. The molecule has 108 valence electrons. The lowest BCUT2D eigenvalue weighted by Crippen LogP contribution is -2.52. The summed E-state index contributed by atoms with van der Waals surface area (Å²) >= 11 is 0. The number of rotatable bonds is 4. The molecule has 2 saturated heterocycles. The smallest absolute Gasteiger partial charge is 0.237 e. The van der Waals surface area contributed by atoms with E-state index >= 15 is 0 Å². The van der Waals surface area contributed by atoms with Gasteiger partial charge in [-0.15, -0.1) is 0 Å². The van der Waals surface area contributed by atoms with Gasteiger partial charge in [0, 0.05) is 6.61 Å². The Morgan fingerprint density at radius 2 is 2.16 bits per heavy atom. The second kappa shape index (κ2) is 5.80. The normalized spacial score (nSPS) is 39.2. The lowest BCUT2D eigenvalue weighted by molar-refractivity contribution is -0.125. The maximum atomic E-state index is 12.4. The maximum Gasteiger partial charge on any atom is 0.237 e. The number of ether oxygens (including phenoxy) is 1. The van der Waals surface area contributed by atoms with Crippen LogP contribution in [0.25, 0.3) is 0 Å². The molecular weight excluding hydrogens is 240 g/mol. The molecule has 4 nitrogen and oxygen atoms in total. The van der Waals surface area contributed by atoms with Crippen molar-refractivity contribution < 1.29 is 9.53 Å². The Hall–Kier alpha value is -0.610. The second-order valence-electron chi connectivity index (χ2n) is 6.38. The predicted octanol–water partition coefficient (Wildman–Crippen LogP) is 1.45. The summed E-state index contributed by atoms with van der Waals surface area (Å²) < 4.78 is 5.78. The van der Waals surface area contributed by atoms with Crippen molar-refractivity contribution in [3.8, 4) is 0 Å². The molecule has 0 spiro atoms. The van der Waals surface area contributed by atoms with Crippen molar-refractivity contribution in [3.63, 3.8) is 0 Å². The van der Waals surface area contributed by atoms with Gasteiger partial charge in [0.15, 0.2) is 0 Å². The molecule has 19 heavy (non-hydrogen) atoms. The molecule has 1 aliphatic carbocycles. The first-order valence-corrected chi connectivity index (χ1v) is 7.93. The van der Waals surface area contributed by atoms with Crippen LogP contribution in [0.15, 0.2) is 0 Å². The van der Waals surface area contributed by atoms with Crippen LogP contribution in [0.1, 0.15) is 45.4 Å². The van der Waals surface area contributed by atoms with Crippen LogP contribution in [0.3, 0.4) is 0 Å². The third-order valence-electron chi connectivity index (χ3n) is 4.96. The molecule has 3 fully saturated rings. The summed E-state index contributed by atoms with van der Waals surface area (Å²) in [5, 5.41) is 6.60. The summed E-state index contributed by atoms with van der Waals surface area (Å²) in [7, 11) is 0. The van der Waals surface area contributed by atoms with E-state index in [9.17, 15) is 4.79 Å². The Morgan fingerprint density at radius 3 is 2.89 bits per heavy atom. The van der Waals surface area contributed by atoms with Gasteiger partial charge in [-0.2, -0.15) is 0 Å². The van der Waals surface area contributed by atoms with E-state index in [2.05, 4.69) is 17.6 Å². The van der Waals surface area contributed by atoms with E-state index in [1.54, 1.807) is 0 Å². The molecule has 2 heterocycles. The van der Waals surface area contributed by atoms with E-state index in [0.29, 0.717) is 11.8 Å². The highest BCUT2D eigenvalue weighted by molar-refractivity contribution is 5.82. The molecular formula is C15H26N2O2. The quantitative estimate of drug-likeness (QED) is 0.810. The zero-order valence-corrected chi connectivity index (χ0v) is 11.9. The summed E-state index contributed by atoms with van der Waals surface area (Å²) in [4.78, 5) is 12.4. The highest BCUT2D eigenvalue weighted by Crippen LogP contribution is 2.38. The summed E-state index contributed by atoms with van der Waals surface area (Å²) in [6.45, 7) is 4.00. The summed E-state index contributed by atoms with van der Waals surface area (Å²) in [5.74, 6) is 1.60. The van der Waals surface area contributed by atoms with Gasteiger partial charge in [0.1, 0.15) is 0 Å². The second-order valence-corrected chi connectivity index (χ2v) is 6.38. The fourth-order valence-electron chi connectivity index (χ4n) is 3.51. The minimum atomic E-state index is 0.0131. The molecule has 0 bridgehead atoms. The first-order chi connectivity index (χ1) is 9.28. The van der Waals surface area contributed by atoms with Crippen LogP contribution in [-0.4, -0.2) is 37.2 Å². The molecule has 2 aliphatic heterocycles. The number of carbonyl (C=O) groups excluding carboxylic acids is 1. The van der Waals surface area contributed by atoms with Gasteiger partial charge < -0.3 is 15.4 Å². The van der Waals surface area contributed by atoms with E-state index in [4.69, 9.17) is 4.74 Å². The number of hydrogen-bond donors (Lipinski definition) is 2. The van der Waals surface area contributed by atoms with Gasteiger partial charge in [0.2, 0.25) is 5.91 Å². The van der Waals surface area contributed by atoms with Gasteiger partial charge in [-0.1, -0.05) is 13.3 Å². The molecule has 0 aromatic heterocycles. The summed E-state index contributed by atoms with van der Waals surface area (Å²) in [5.41, 5.74) is 0. The average molecular weight is 266 g/mol. The van der Waals surface area contributed by atoms with Crippen molar-refractivity contribution >= 4 is 5.91 Å². The van der Waals surface area contributed by atoms with Crippen molar-refractivity contribution in [2.75, 3.05) is 13.2 Å². The third kappa shape index (κ3) is 3.11. The van der Waals surface area contributed by atoms with E-state index in [0.717, 1.165) is 26.0 Å². The Labute approximate surface area is 115 Å². The standard InChI is InChI=1S/C15H26N2O2/c1-2-10-5-7-16-13(9-10)15(18)17-12-6-8-19-14(12)11-3-4-11/h10-14,16H,2-9H2,1H3,(H,17,18). The molecule has 4 heteroatoms. The monoisotopic (exact) mass is 266 g/mol. The van der Waals surface area contributed by atoms with Crippen LogP contribution >= 0.6 is 0 Å². The predicted molar refractivity (Wildman–Crippen MR) is 73.8 cm³/mol. The molecule has 2 N–H and O–H groups in total. The van der Waals surface area contributed by atoms with Gasteiger partial charge in [-0.05, 0) is 50.5 Å². The summed E-state index contributed by atoms with van der Waals surface area (Å²) in [6, 6.07) is 0.267. The van der Waals surface area contributed by atoms with Gasteiger partial charge in [0.25, 0.3) is 0 Å². The lowest BCUT2D eigenvalue weighted by Gasteiger charge is -2.30. The first-order valence-electron chi connectivity index (χ1n) is 7.93. The number of carbonyl (C=O) groups is 1. The van der Waals surface area contributed by atoms with Crippen LogP contribution in [0.4, 0.5) is 0 Å². The average Bonchev–Trinajstić information content (AvgIpc) is 3.19. The van der Waals surface area contributed by atoms with Crippen molar-refractivity contribution in [2.45, 2.75) is 63.6 Å². The van der Waals surface area contributed by atoms with Gasteiger partial charge in [0.05, 0.1) is 18.2 Å². The highest BCUT2D eigenvalue weighted by Gasteiger charge is 2.41. The Kier molecular flexibility index (Phi) is 4.08. The molecule has 0 aromatic rings. The molecule has 1 saturated carbocycles. The van der Waals surface area contributed by atoms with Crippen LogP contribution in [0.2, 0.25) is 0 Å². The van der Waals surface area contributed by atoms with E-state index in [1.807, 2.05) is 0 Å². The molecule has 0 radical (unpaired) electrons. The molecule has 4 atom stereocenters. The van der Waals surface area contributed by atoms with Crippen LogP contribution < -0.4 is 10.6 Å². The SMILES string of the molecule is CCC1CCNC(C(=O)NC2CCOC2C2CC2)C1. The minimum absolute atomic E-state index is 0.0131. The van der Waals surface area contributed by atoms with Crippen LogP contribution in [0, 0.1) is 11.8 Å². The van der Waals surface area contributed by atoms with Crippen molar-refractivity contribution in [2.24, 2.45) is 11.8 Å². The van der Waals surface area contributed by atoms with Crippen LogP contribution in [-0.2, 0) is 9.53 Å². The highest BCUT2D eigenvalue weighted by atomic mass is 16.5. The molecule has 3 aliphatic rings. The van der Waals surface area contributed by atoms with Crippen molar-refractivity contribution in [1.82, 2.24) is 10.6 Å². The fourth-order valence-corrected chi connectivity index (χ4v) is 3.51. The fraction of sp³-hybridized carbons (Fsp3) is 0.933. The van der Waals surface area contributed by atoms with Crippen molar-refractivity contribution in [1.29, 1.82) is 0 Å². The topological polar surface area (TPSA) is 50.4 Å². The maximum absolute atomic E-state index is 12.4. The van der Waals surface area contributed by atoms with Crippen molar-refractivity contribution in [3.05, 3.63) is 0 Å².